The van der Waals surface area contributed by atoms with Crippen LogP contribution in [0.5, 0.6) is 0 Å². The summed E-state index contributed by atoms with van der Waals surface area (Å²) < 4.78 is 0. The van der Waals surface area contributed by atoms with E-state index in [2.05, 4.69) is 284 Å². The third-order valence-corrected chi connectivity index (χ3v) is 19.3. The van der Waals surface area contributed by atoms with Gasteiger partial charge in [-0.05, 0) is 312 Å². The molecule has 0 rings (SSSR count). The zero-order valence-corrected chi connectivity index (χ0v) is 83.9. The summed E-state index contributed by atoms with van der Waals surface area (Å²) in [7, 11) is 27.9. The normalized spacial score (nSPS) is 10.8. The highest BCUT2D eigenvalue weighted by atomic mass is 15.1. The fourth-order valence-electron chi connectivity index (χ4n) is 11.6. The van der Waals surface area contributed by atoms with E-state index in [0.717, 1.165) is 0 Å². The number of hydrogen-bond donors (Lipinski definition) is 0. The van der Waals surface area contributed by atoms with Gasteiger partial charge >= 0.3 is 0 Å². The van der Waals surface area contributed by atoms with Crippen molar-refractivity contribution in [2.45, 2.75) is 427 Å². The number of unbranched alkanes of at least 4 members (excludes halogenated alkanes) is 31. The summed E-state index contributed by atoms with van der Waals surface area (Å²) in [5.41, 5.74) is 0. The third kappa shape index (κ3) is 168. The van der Waals surface area contributed by atoms with Gasteiger partial charge in [0.05, 0.1) is 0 Å². The Hall–Kier alpha value is -0.440. The van der Waals surface area contributed by atoms with Gasteiger partial charge in [-0.25, -0.2) is 0 Å². The van der Waals surface area contributed by atoms with Gasteiger partial charge in [0, 0.05) is 0 Å². The minimum atomic E-state index is 1.19. The van der Waals surface area contributed by atoms with Crippen LogP contribution in [-0.2, 0) is 0 Å². The quantitative estimate of drug-likeness (QED) is 0.0547. The molecule has 0 atom stereocenters. The Morgan fingerprint density at radius 1 is 0.110 bits per heavy atom. The van der Waals surface area contributed by atoms with Gasteiger partial charge in [-0.2, -0.15) is 0 Å². The lowest BCUT2D eigenvalue weighted by Crippen LogP contribution is -2.25. The average Bonchev–Trinajstić information content (AvgIpc) is 1.61. The zero-order valence-electron chi connectivity index (χ0n) is 83.9. The first-order valence-corrected chi connectivity index (χ1v) is 48.8. The molecule has 0 unspecified atom stereocenters. The average molecular weight is 1560 g/mol. The minimum absolute atomic E-state index is 1.19. The molecular formula is C98H229N11. The molecule has 0 N–H and O–H groups in total. The fourth-order valence-corrected chi connectivity index (χ4v) is 11.6. The standard InChI is InChI=1S/C12H27N.C11H25N.2C10H23N.3C9H21N.2C8H19N.2C6H15N/c1-4-5-6-7-8-9-10-11-12-13(2)3;1-4-5-6-7-8-9-10-11-12(2)3;1-4-5-6-7-8-9-10-11(2)3;1-4-7-9-11(6-3)10-8-5-2;1-4-5-6-7-8-9-10(2)3;1-4-6-8-10(3)9-7-5-2;1-4-7-10(8-5-2)9-6-3;1-4-5-6-7-8-9(2)3;1-4-7-8-9(5-2)6-3;1-4-5-6-7(2)3;1-4-7(5-2)6-3/h4-12H2,1-3H3;4-11H2,1-3H3;2*4-10H2,1-3H3;3*4-9H2,1-3H3;2*4-8H2,1-3H3;2*4-6H2,1-3H3. The van der Waals surface area contributed by atoms with Crippen molar-refractivity contribution in [3.8, 4) is 0 Å². The van der Waals surface area contributed by atoms with Gasteiger partial charge in [0.25, 0.3) is 0 Å². The van der Waals surface area contributed by atoms with Crippen LogP contribution in [0, 0.1) is 0 Å². The van der Waals surface area contributed by atoms with Crippen molar-refractivity contribution in [1.29, 1.82) is 0 Å². The molecular weight excluding hydrogens is 1330 g/mol. The van der Waals surface area contributed by atoms with Crippen molar-refractivity contribution in [2.75, 3.05) is 223 Å². The van der Waals surface area contributed by atoms with Crippen LogP contribution in [0.1, 0.15) is 427 Å². The molecule has 0 saturated heterocycles. The molecule has 11 heteroatoms. The molecule has 0 amide bonds. The van der Waals surface area contributed by atoms with E-state index in [1.807, 2.05) is 0 Å². The predicted molar refractivity (Wildman–Crippen MR) is 516 cm³/mol. The molecule has 0 aliphatic carbocycles. The molecule has 0 aliphatic rings. The van der Waals surface area contributed by atoms with Gasteiger partial charge < -0.3 is 53.9 Å². The van der Waals surface area contributed by atoms with Crippen molar-refractivity contribution in [2.24, 2.45) is 0 Å². The van der Waals surface area contributed by atoms with E-state index in [1.165, 1.54) is 420 Å². The summed E-state index contributed by atoms with van der Waals surface area (Å²) in [6.45, 7) is 69.7. The van der Waals surface area contributed by atoms with Gasteiger partial charge in [0.1, 0.15) is 0 Å². The highest BCUT2D eigenvalue weighted by Gasteiger charge is 2.02. The molecule has 676 valence electrons. The molecule has 0 saturated carbocycles. The van der Waals surface area contributed by atoms with Crippen molar-refractivity contribution in [1.82, 2.24) is 53.9 Å². The highest BCUT2D eigenvalue weighted by Crippen LogP contribution is 2.10. The monoisotopic (exact) mass is 1560 g/mol. The Bertz CT molecular complexity index is 1290. The summed E-state index contributed by atoms with van der Waals surface area (Å²) in [5, 5.41) is 0. The van der Waals surface area contributed by atoms with E-state index >= 15 is 0 Å². The first kappa shape index (κ1) is 132. The van der Waals surface area contributed by atoms with E-state index in [9.17, 15) is 0 Å². The van der Waals surface area contributed by atoms with E-state index in [4.69, 9.17) is 0 Å². The lowest BCUT2D eigenvalue weighted by atomic mass is 10.1. The second-order valence-electron chi connectivity index (χ2n) is 33.0. The summed E-state index contributed by atoms with van der Waals surface area (Å²) >= 11 is 0. The lowest BCUT2D eigenvalue weighted by Gasteiger charge is -2.19. The summed E-state index contributed by atoms with van der Waals surface area (Å²) in [5.74, 6) is 0. The maximum atomic E-state index is 2.55. The first-order chi connectivity index (χ1) is 52.3. The number of nitrogens with zero attached hydrogens (tertiary/aromatic N) is 11. The highest BCUT2D eigenvalue weighted by molar-refractivity contribution is 4.58. The van der Waals surface area contributed by atoms with Gasteiger partial charge in [0.15, 0.2) is 0 Å². The largest absolute Gasteiger partial charge is 0.309 e. The lowest BCUT2D eigenvalue weighted by molar-refractivity contribution is 0.275. The Balaban J connectivity index is -0.000000108. The molecule has 0 aliphatic heterocycles. The van der Waals surface area contributed by atoms with E-state index in [-0.39, 0.29) is 0 Å². The summed E-state index contributed by atoms with van der Waals surface area (Å²) in [6.07, 6.45) is 62.0. The predicted octanol–water partition coefficient (Wildman–Crippen LogP) is 27.3. The second kappa shape index (κ2) is 128. The molecule has 0 fully saturated rings. The van der Waals surface area contributed by atoms with Crippen molar-refractivity contribution in [3.05, 3.63) is 0 Å². The van der Waals surface area contributed by atoms with Crippen LogP contribution in [0.4, 0.5) is 0 Å². The van der Waals surface area contributed by atoms with Crippen LogP contribution >= 0.6 is 0 Å². The molecule has 109 heavy (non-hydrogen) atoms. The van der Waals surface area contributed by atoms with Crippen LogP contribution in [-0.4, -0.2) is 276 Å². The first-order valence-electron chi connectivity index (χ1n) is 48.8. The van der Waals surface area contributed by atoms with Crippen LogP contribution in [0.25, 0.3) is 0 Å². The van der Waals surface area contributed by atoms with Crippen LogP contribution < -0.4 is 0 Å². The molecule has 0 aromatic carbocycles. The topological polar surface area (TPSA) is 35.6 Å². The van der Waals surface area contributed by atoms with Crippen molar-refractivity contribution >= 4 is 0 Å². The molecule has 11 nitrogen and oxygen atoms in total. The van der Waals surface area contributed by atoms with E-state index in [1.54, 1.807) is 0 Å². The Morgan fingerprint density at radius 2 is 0.266 bits per heavy atom. The number of hydrogen-bond acceptors (Lipinski definition) is 11. The molecule has 0 spiro atoms. The SMILES string of the molecule is CCCCCCCCCCN(C)C.CCCCCCCCCN(C)C.CCCCCCCCN(C)C.CCCCCCCN(C)C.CCCCCCN(C)C.CCCCN(C)C.CCCCN(C)CCCC.CCCCN(CC)CC.CCCCN(CC)CCCC.CCCN(CCC)CCC.CCN(CC)CC. The minimum Gasteiger partial charge on any atom is -0.309 e. The molecule has 0 aromatic rings. The molecule has 0 bridgehead atoms. The second-order valence-corrected chi connectivity index (χ2v) is 33.0. The maximum absolute atomic E-state index is 2.55. The fraction of sp³-hybridized carbons (Fsp3) is 1.00. The van der Waals surface area contributed by atoms with Crippen molar-refractivity contribution in [3.63, 3.8) is 0 Å². The van der Waals surface area contributed by atoms with E-state index < -0.39 is 0 Å². The maximum Gasteiger partial charge on any atom is -0.00190 e. The summed E-state index contributed by atoms with van der Waals surface area (Å²) in [6, 6.07) is 0. The third-order valence-electron chi connectivity index (χ3n) is 19.3. The van der Waals surface area contributed by atoms with Crippen LogP contribution in [0.15, 0.2) is 0 Å². The zero-order chi connectivity index (χ0) is 85.3. The summed E-state index contributed by atoms with van der Waals surface area (Å²) in [4.78, 5) is 25.9. The Labute approximate surface area is 700 Å². The molecule has 0 radical (unpaired) electrons. The van der Waals surface area contributed by atoms with Gasteiger partial charge in [0.2, 0.25) is 0 Å². The van der Waals surface area contributed by atoms with Crippen molar-refractivity contribution < 1.29 is 0 Å². The van der Waals surface area contributed by atoms with E-state index in [0.29, 0.717) is 0 Å². The number of rotatable bonds is 65. The molecule has 0 heterocycles. The van der Waals surface area contributed by atoms with Crippen LogP contribution in [0.3, 0.4) is 0 Å². The van der Waals surface area contributed by atoms with Gasteiger partial charge in [-0.1, -0.05) is 338 Å². The Kier molecular flexibility index (Phi) is 155. The Morgan fingerprint density at radius 3 is 0.431 bits per heavy atom. The van der Waals surface area contributed by atoms with Crippen LogP contribution in [0.2, 0.25) is 0 Å². The van der Waals surface area contributed by atoms with Gasteiger partial charge in [-0.3, -0.25) is 0 Å². The van der Waals surface area contributed by atoms with Gasteiger partial charge in [-0.15, -0.1) is 0 Å². The smallest absolute Gasteiger partial charge is 0.00190 e. The molecule has 0 aromatic heterocycles.